The Balaban J connectivity index is 2.12. The molecule has 1 saturated carbocycles. The molecule has 2 aliphatic rings. The van der Waals surface area contributed by atoms with Gasteiger partial charge in [0.15, 0.2) is 0 Å². The van der Waals surface area contributed by atoms with Crippen LogP contribution in [0.25, 0.3) is 0 Å². The zero-order valence-corrected chi connectivity index (χ0v) is 13.3. The van der Waals surface area contributed by atoms with Gasteiger partial charge in [-0.1, -0.05) is 18.0 Å². The van der Waals surface area contributed by atoms with Gasteiger partial charge in [-0.3, -0.25) is 4.90 Å². The SMILES string of the molecule is COc1ccc(Cl)c(N2C(N)=NC(N)=NC23CCCCC3)c1. The second-order valence-electron chi connectivity index (χ2n) is 5.64. The molecule has 0 bridgehead atoms. The Morgan fingerprint density at radius 2 is 1.95 bits per heavy atom. The number of guanidine groups is 2. The number of nitrogens with two attached hydrogens (primary N) is 2. The minimum Gasteiger partial charge on any atom is -0.497 e. The maximum atomic E-state index is 6.40. The predicted molar refractivity (Wildman–Crippen MR) is 89.5 cm³/mol. The van der Waals surface area contributed by atoms with Crippen LogP contribution in [0.2, 0.25) is 5.02 Å². The number of halogens is 1. The van der Waals surface area contributed by atoms with Crippen LogP contribution in [0, 0.1) is 0 Å². The summed E-state index contributed by atoms with van der Waals surface area (Å²) in [5.74, 6) is 1.26. The highest BCUT2D eigenvalue weighted by Gasteiger charge is 2.43. The Hall–Kier alpha value is -1.95. The van der Waals surface area contributed by atoms with Gasteiger partial charge in [0.05, 0.1) is 17.8 Å². The maximum Gasteiger partial charge on any atom is 0.220 e. The molecule has 7 heteroatoms. The molecular weight excluding hydrogens is 302 g/mol. The minimum absolute atomic E-state index is 0.231. The van der Waals surface area contributed by atoms with E-state index in [-0.39, 0.29) is 5.96 Å². The van der Waals surface area contributed by atoms with Crippen molar-refractivity contribution in [1.29, 1.82) is 0 Å². The molecule has 118 valence electrons. The first-order valence-electron chi connectivity index (χ1n) is 7.39. The molecule has 0 aromatic heterocycles. The van der Waals surface area contributed by atoms with Crippen molar-refractivity contribution in [1.82, 2.24) is 0 Å². The molecule has 4 N–H and O–H groups in total. The van der Waals surface area contributed by atoms with Crippen LogP contribution in [-0.2, 0) is 0 Å². The second-order valence-corrected chi connectivity index (χ2v) is 6.04. The fourth-order valence-electron chi connectivity index (χ4n) is 3.26. The van der Waals surface area contributed by atoms with Crippen molar-refractivity contribution in [2.24, 2.45) is 21.5 Å². The van der Waals surface area contributed by atoms with E-state index in [1.165, 1.54) is 6.42 Å². The van der Waals surface area contributed by atoms with Crippen molar-refractivity contribution in [3.63, 3.8) is 0 Å². The summed E-state index contributed by atoms with van der Waals surface area (Å²) in [5.41, 5.74) is 12.3. The molecule has 1 aliphatic carbocycles. The number of methoxy groups -OCH3 is 1. The Labute approximate surface area is 134 Å². The molecule has 1 aliphatic heterocycles. The molecule has 0 atom stereocenters. The Morgan fingerprint density at radius 1 is 1.23 bits per heavy atom. The molecule has 0 radical (unpaired) electrons. The zero-order valence-electron chi connectivity index (χ0n) is 12.6. The number of hydrogen-bond donors (Lipinski definition) is 2. The van der Waals surface area contributed by atoms with Gasteiger partial charge in [0.25, 0.3) is 0 Å². The second kappa shape index (κ2) is 5.68. The van der Waals surface area contributed by atoms with Gasteiger partial charge in [0, 0.05) is 6.07 Å². The van der Waals surface area contributed by atoms with Gasteiger partial charge in [-0.2, -0.15) is 4.99 Å². The van der Waals surface area contributed by atoms with E-state index in [2.05, 4.69) is 9.98 Å². The van der Waals surface area contributed by atoms with E-state index in [0.29, 0.717) is 16.7 Å². The van der Waals surface area contributed by atoms with Crippen molar-refractivity contribution >= 4 is 29.2 Å². The molecule has 1 aromatic carbocycles. The number of ether oxygens (including phenoxy) is 1. The first kappa shape index (κ1) is 15.0. The maximum absolute atomic E-state index is 6.40. The summed E-state index contributed by atoms with van der Waals surface area (Å²) < 4.78 is 5.31. The highest BCUT2D eigenvalue weighted by molar-refractivity contribution is 6.34. The van der Waals surface area contributed by atoms with E-state index in [9.17, 15) is 0 Å². The number of aliphatic imine (C=N–C) groups is 2. The average molecular weight is 322 g/mol. The molecule has 22 heavy (non-hydrogen) atoms. The van der Waals surface area contributed by atoms with E-state index in [4.69, 9.17) is 27.8 Å². The van der Waals surface area contributed by atoms with Gasteiger partial charge in [0.2, 0.25) is 11.9 Å². The van der Waals surface area contributed by atoms with Crippen LogP contribution in [0.1, 0.15) is 32.1 Å². The van der Waals surface area contributed by atoms with Gasteiger partial charge in [-0.25, -0.2) is 4.99 Å². The predicted octanol–water partition coefficient (Wildman–Crippen LogP) is 2.46. The number of anilines is 1. The molecule has 1 fully saturated rings. The first-order valence-corrected chi connectivity index (χ1v) is 7.77. The number of benzene rings is 1. The Bertz CT molecular complexity index is 637. The quantitative estimate of drug-likeness (QED) is 0.875. The highest BCUT2D eigenvalue weighted by Crippen LogP contribution is 2.42. The van der Waals surface area contributed by atoms with Crippen molar-refractivity contribution in [3.05, 3.63) is 23.2 Å². The van der Waals surface area contributed by atoms with Gasteiger partial charge in [0.1, 0.15) is 11.4 Å². The van der Waals surface area contributed by atoms with E-state index < -0.39 is 5.66 Å². The van der Waals surface area contributed by atoms with E-state index in [1.54, 1.807) is 13.2 Å². The third-order valence-corrected chi connectivity index (χ3v) is 4.57. The summed E-state index contributed by atoms with van der Waals surface area (Å²) in [6, 6.07) is 5.47. The van der Waals surface area contributed by atoms with Crippen LogP contribution in [-0.4, -0.2) is 24.7 Å². The first-order chi connectivity index (χ1) is 10.6. The molecule has 1 spiro atoms. The van der Waals surface area contributed by atoms with Crippen LogP contribution in [0.5, 0.6) is 5.75 Å². The fraction of sp³-hybridized carbons (Fsp3) is 0.467. The van der Waals surface area contributed by atoms with E-state index in [1.807, 2.05) is 17.0 Å². The van der Waals surface area contributed by atoms with Crippen LogP contribution in [0.4, 0.5) is 5.69 Å². The Kier molecular flexibility index (Phi) is 3.87. The van der Waals surface area contributed by atoms with Crippen LogP contribution >= 0.6 is 11.6 Å². The molecule has 1 aromatic rings. The van der Waals surface area contributed by atoms with Gasteiger partial charge >= 0.3 is 0 Å². The monoisotopic (exact) mass is 321 g/mol. The van der Waals surface area contributed by atoms with Crippen molar-refractivity contribution < 1.29 is 4.74 Å². The van der Waals surface area contributed by atoms with Gasteiger partial charge in [-0.15, -0.1) is 0 Å². The summed E-state index contributed by atoms with van der Waals surface area (Å²) >= 11 is 6.40. The summed E-state index contributed by atoms with van der Waals surface area (Å²) in [6.45, 7) is 0. The molecule has 0 unspecified atom stereocenters. The summed E-state index contributed by atoms with van der Waals surface area (Å²) in [7, 11) is 1.62. The fourth-order valence-corrected chi connectivity index (χ4v) is 3.46. The summed E-state index contributed by atoms with van der Waals surface area (Å²) in [4.78, 5) is 10.7. The van der Waals surface area contributed by atoms with Crippen LogP contribution in [0.15, 0.2) is 28.2 Å². The molecule has 6 nitrogen and oxygen atoms in total. The largest absolute Gasteiger partial charge is 0.497 e. The average Bonchev–Trinajstić information content (AvgIpc) is 2.49. The highest BCUT2D eigenvalue weighted by atomic mass is 35.5. The molecular formula is C15H20ClN5O. The van der Waals surface area contributed by atoms with Crippen LogP contribution in [0.3, 0.4) is 0 Å². The van der Waals surface area contributed by atoms with E-state index >= 15 is 0 Å². The van der Waals surface area contributed by atoms with E-state index in [0.717, 1.165) is 31.4 Å². The molecule has 3 rings (SSSR count). The van der Waals surface area contributed by atoms with Crippen molar-refractivity contribution in [3.8, 4) is 5.75 Å². The lowest BCUT2D eigenvalue weighted by Gasteiger charge is -2.45. The zero-order chi connectivity index (χ0) is 15.7. The summed E-state index contributed by atoms with van der Waals surface area (Å²) in [6.07, 6.45) is 5.08. The third-order valence-electron chi connectivity index (χ3n) is 4.25. The lowest BCUT2D eigenvalue weighted by Crippen LogP contribution is -2.58. The van der Waals surface area contributed by atoms with Crippen molar-refractivity contribution in [2.75, 3.05) is 12.0 Å². The van der Waals surface area contributed by atoms with Crippen LogP contribution < -0.4 is 21.1 Å². The Morgan fingerprint density at radius 3 is 2.64 bits per heavy atom. The van der Waals surface area contributed by atoms with Gasteiger partial charge in [-0.05, 0) is 37.8 Å². The minimum atomic E-state index is -0.496. The normalized spacial score (nSPS) is 20.5. The van der Waals surface area contributed by atoms with Crippen molar-refractivity contribution in [2.45, 2.75) is 37.8 Å². The lowest BCUT2D eigenvalue weighted by molar-refractivity contribution is 0.305. The standard InChI is InChI=1S/C15H20ClN5O/c1-22-10-5-6-11(16)12(9-10)21-14(18)19-13(17)20-15(21)7-3-2-4-8-15/h5-6,9H,2-4,7-8H2,1H3,(H4,17,18,19,20). The number of nitrogens with zero attached hydrogens (tertiary/aromatic N) is 3. The molecule has 1 heterocycles. The topological polar surface area (TPSA) is 89.2 Å². The molecule has 0 amide bonds. The smallest absolute Gasteiger partial charge is 0.220 e. The van der Waals surface area contributed by atoms with Gasteiger partial charge < -0.3 is 16.2 Å². The third kappa shape index (κ3) is 2.47. The number of rotatable bonds is 2. The summed E-state index contributed by atoms with van der Waals surface area (Å²) in [5, 5.41) is 0.583. The number of hydrogen-bond acceptors (Lipinski definition) is 6. The lowest BCUT2D eigenvalue weighted by atomic mass is 9.87. The molecule has 0 saturated heterocycles.